The maximum Gasteiger partial charge on any atom is 0.331 e. The summed E-state index contributed by atoms with van der Waals surface area (Å²) >= 11 is 0. The zero-order valence-corrected chi connectivity index (χ0v) is 8.41. The van der Waals surface area contributed by atoms with E-state index in [-0.39, 0.29) is 11.6 Å². The van der Waals surface area contributed by atoms with Crippen molar-refractivity contribution in [3.63, 3.8) is 0 Å². The molecular formula is C9H9N3O4. The van der Waals surface area contributed by atoms with Gasteiger partial charge in [-0.1, -0.05) is 0 Å². The fourth-order valence-corrected chi connectivity index (χ4v) is 1.01. The molecule has 2 N–H and O–H groups in total. The number of primary amides is 1. The minimum atomic E-state index is -0.640. The number of rotatable bonds is 4. The van der Waals surface area contributed by atoms with Crippen LogP contribution in [0.4, 0.5) is 5.69 Å². The molecule has 1 heterocycles. The smallest absolute Gasteiger partial charge is 0.331 e. The van der Waals surface area contributed by atoms with Gasteiger partial charge in [0.15, 0.2) is 0 Å². The molecule has 0 atom stereocenters. The second-order valence-corrected chi connectivity index (χ2v) is 2.79. The van der Waals surface area contributed by atoms with Crippen molar-refractivity contribution < 1.29 is 14.5 Å². The van der Waals surface area contributed by atoms with Gasteiger partial charge in [-0.15, -0.1) is 0 Å². The van der Waals surface area contributed by atoms with Gasteiger partial charge in [-0.3, -0.25) is 14.9 Å². The second kappa shape index (κ2) is 4.87. The predicted molar refractivity (Wildman–Crippen MR) is 55.7 cm³/mol. The lowest BCUT2D eigenvalue weighted by molar-refractivity contribution is -0.386. The standard InChI is InChI=1S/C9H9N3O4/c1-16-9-7(12(14)15)4-6(5-11-9)2-3-8(10)13/h2-5H,1H3,(H2,10,13). The molecule has 0 saturated heterocycles. The van der Waals surface area contributed by atoms with Gasteiger partial charge in [0.1, 0.15) is 0 Å². The van der Waals surface area contributed by atoms with Crippen LogP contribution in [0.25, 0.3) is 6.08 Å². The van der Waals surface area contributed by atoms with Gasteiger partial charge in [-0.2, -0.15) is 0 Å². The Morgan fingerprint density at radius 3 is 2.88 bits per heavy atom. The lowest BCUT2D eigenvalue weighted by Crippen LogP contribution is -2.05. The van der Waals surface area contributed by atoms with E-state index in [0.717, 1.165) is 6.08 Å². The Kier molecular flexibility index (Phi) is 3.54. The first-order valence-corrected chi connectivity index (χ1v) is 4.20. The van der Waals surface area contributed by atoms with E-state index in [0.29, 0.717) is 5.56 Å². The summed E-state index contributed by atoms with van der Waals surface area (Å²) in [6.07, 6.45) is 3.76. The molecule has 84 valence electrons. The first kappa shape index (κ1) is 11.6. The van der Waals surface area contributed by atoms with Gasteiger partial charge in [-0.05, 0) is 6.08 Å². The number of nitro groups is 1. The van der Waals surface area contributed by atoms with E-state index in [2.05, 4.69) is 4.98 Å². The van der Waals surface area contributed by atoms with E-state index < -0.39 is 10.8 Å². The first-order chi connectivity index (χ1) is 7.54. The molecule has 0 saturated carbocycles. The van der Waals surface area contributed by atoms with Crippen LogP contribution < -0.4 is 10.5 Å². The molecule has 16 heavy (non-hydrogen) atoms. The highest BCUT2D eigenvalue weighted by atomic mass is 16.6. The summed E-state index contributed by atoms with van der Waals surface area (Å²) < 4.78 is 4.72. The van der Waals surface area contributed by atoms with Crippen LogP contribution in [-0.4, -0.2) is 22.9 Å². The molecule has 7 heteroatoms. The highest BCUT2D eigenvalue weighted by Gasteiger charge is 2.15. The average Bonchev–Trinajstić information content (AvgIpc) is 2.25. The summed E-state index contributed by atoms with van der Waals surface area (Å²) in [5.41, 5.74) is 5.01. The van der Waals surface area contributed by atoms with Crippen LogP contribution in [0.15, 0.2) is 18.3 Å². The molecule has 0 radical (unpaired) electrons. The van der Waals surface area contributed by atoms with Crippen molar-refractivity contribution in [2.75, 3.05) is 7.11 Å². The van der Waals surface area contributed by atoms with Crippen LogP contribution in [0.5, 0.6) is 5.88 Å². The molecule has 0 spiro atoms. The van der Waals surface area contributed by atoms with Crippen molar-refractivity contribution in [1.29, 1.82) is 0 Å². The van der Waals surface area contributed by atoms with Crippen LogP contribution in [0.3, 0.4) is 0 Å². The van der Waals surface area contributed by atoms with E-state index in [1.54, 1.807) is 0 Å². The Morgan fingerprint density at radius 1 is 1.69 bits per heavy atom. The second-order valence-electron chi connectivity index (χ2n) is 2.79. The van der Waals surface area contributed by atoms with Crippen LogP contribution in [0.2, 0.25) is 0 Å². The summed E-state index contributed by atoms with van der Waals surface area (Å²) in [6, 6.07) is 1.24. The van der Waals surface area contributed by atoms with Gasteiger partial charge in [0, 0.05) is 23.9 Å². The van der Waals surface area contributed by atoms with Gasteiger partial charge in [0.2, 0.25) is 5.91 Å². The maximum atomic E-state index is 10.6. The third-order valence-corrected chi connectivity index (χ3v) is 1.68. The highest BCUT2D eigenvalue weighted by Crippen LogP contribution is 2.24. The fraction of sp³-hybridized carbons (Fsp3) is 0.111. The van der Waals surface area contributed by atoms with Gasteiger partial charge in [-0.25, -0.2) is 4.98 Å². The number of methoxy groups -OCH3 is 1. The number of pyridine rings is 1. The molecular weight excluding hydrogens is 214 g/mol. The fourth-order valence-electron chi connectivity index (χ4n) is 1.01. The third-order valence-electron chi connectivity index (χ3n) is 1.68. The summed E-state index contributed by atoms with van der Waals surface area (Å²) in [6.45, 7) is 0. The largest absolute Gasteiger partial charge is 0.476 e. The van der Waals surface area contributed by atoms with Crippen molar-refractivity contribution >= 4 is 17.7 Å². The van der Waals surface area contributed by atoms with Crippen molar-refractivity contribution in [2.24, 2.45) is 5.73 Å². The van der Waals surface area contributed by atoms with E-state index in [1.807, 2.05) is 0 Å². The lowest BCUT2D eigenvalue weighted by atomic mass is 10.2. The van der Waals surface area contributed by atoms with Gasteiger partial charge < -0.3 is 10.5 Å². The first-order valence-electron chi connectivity index (χ1n) is 4.20. The molecule has 0 aliphatic heterocycles. The Hall–Kier alpha value is -2.44. The van der Waals surface area contributed by atoms with Gasteiger partial charge in [0.05, 0.1) is 12.0 Å². The Bertz CT molecular complexity index is 456. The van der Waals surface area contributed by atoms with Crippen molar-refractivity contribution in [3.05, 3.63) is 34.0 Å². The van der Waals surface area contributed by atoms with Crippen LogP contribution in [-0.2, 0) is 4.79 Å². The molecule has 0 aliphatic rings. The van der Waals surface area contributed by atoms with E-state index in [1.165, 1.54) is 25.4 Å². The summed E-state index contributed by atoms with van der Waals surface area (Å²) in [5.74, 6) is -0.723. The zero-order valence-electron chi connectivity index (χ0n) is 8.41. The third kappa shape index (κ3) is 2.77. The van der Waals surface area contributed by atoms with Gasteiger partial charge >= 0.3 is 5.69 Å². The molecule has 0 bridgehead atoms. The molecule has 0 fully saturated rings. The monoisotopic (exact) mass is 223 g/mol. The van der Waals surface area contributed by atoms with Crippen LogP contribution >= 0.6 is 0 Å². The minimum absolute atomic E-state index is 0.0822. The number of amides is 1. The number of carbonyl (C=O) groups excluding carboxylic acids is 1. The Labute approximate surface area is 90.7 Å². The number of nitrogens with zero attached hydrogens (tertiary/aromatic N) is 2. The van der Waals surface area contributed by atoms with Crippen LogP contribution in [0, 0.1) is 10.1 Å². The number of hydrogen-bond donors (Lipinski definition) is 1. The Balaban J connectivity index is 3.12. The minimum Gasteiger partial charge on any atom is -0.476 e. The average molecular weight is 223 g/mol. The van der Waals surface area contributed by atoms with E-state index in [9.17, 15) is 14.9 Å². The number of carbonyl (C=O) groups is 1. The molecule has 0 aromatic carbocycles. The zero-order chi connectivity index (χ0) is 12.1. The number of aromatic nitrogens is 1. The normalized spacial score (nSPS) is 10.3. The van der Waals surface area contributed by atoms with Crippen molar-refractivity contribution in [2.45, 2.75) is 0 Å². The number of nitrogens with two attached hydrogens (primary N) is 1. The Morgan fingerprint density at radius 2 is 2.38 bits per heavy atom. The number of ether oxygens (including phenoxy) is 1. The number of hydrogen-bond acceptors (Lipinski definition) is 5. The summed E-state index contributed by atoms with van der Waals surface area (Å²) in [7, 11) is 1.29. The molecule has 0 aliphatic carbocycles. The molecule has 1 aromatic heterocycles. The molecule has 1 aromatic rings. The van der Waals surface area contributed by atoms with Crippen LogP contribution in [0.1, 0.15) is 5.56 Å². The van der Waals surface area contributed by atoms with Crippen molar-refractivity contribution in [3.8, 4) is 5.88 Å². The topological polar surface area (TPSA) is 108 Å². The molecule has 1 rings (SSSR count). The highest BCUT2D eigenvalue weighted by molar-refractivity contribution is 5.90. The van der Waals surface area contributed by atoms with E-state index in [4.69, 9.17) is 10.5 Å². The summed E-state index contributed by atoms with van der Waals surface area (Å²) in [4.78, 5) is 24.2. The summed E-state index contributed by atoms with van der Waals surface area (Å²) in [5, 5.41) is 10.6. The van der Waals surface area contributed by atoms with Gasteiger partial charge in [0.25, 0.3) is 5.88 Å². The molecule has 0 unspecified atom stereocenters. The quantitative estimate of drug-likeness (QED) is 0.454. The SMILES string of the molecule is COc1ncc(C=CC(N)=O)cc1[N+](=O)[O-]. The predicted octanol–water partition coefficient (Wildman–Crippen LogP) is 0.497. The van der Waals surface area contributed by atoms with E-state index >= 15 is 0 Å². The maximum absolute atomic E-state index is 10.6. The lowest BCUT2D eigenvalue weighted by Gasteiger charge is -2.00. The molecule has 7 nitrogen and oxygen atoms in total. The van der Waals surface area contributed by atoms with Crippen molar-refractivity contribution in [1.82, 2.24) is 4.98 Å². The molecule has 1 amide bonds.